The van der Waals surface area contributed by atoms with Gasteiger partial charge in [-0.25, -0.2) is 14.3 Å². The van der Waals surface area contributed by atoms with Crippen molar-refractivity contribution in [3.8, 4) is 0 Å². The summed E-state index contributed by atoms with van der Waals surface area (Å²) in [5.74, 6) is 0.830. The fourth-order valence-corrected chi connectivity index (χ4v) is 3.18. The molecule has 3 heterocycles. The second-order valence-electron chi connectivity index (χ2n) is 8.49. The van der Waals surface area contributed by atoms with Gasteiger partial charge < -0.3 is 15.4 Å². The van der Waals surface area contributed by atoms with Crippen LogP contribution < -0.4 is 10.6 Å². The maximum Gasteiger partial charge on any atom is 0.408 e. The number of alkyl carbamates (subject to hydrolysis) is 1. The van der Waals surface area contributed by atoms with Crippen LogP contribution in [0.3, 0.4) is 0 Å². The molecule has 0 saturated carbocycles. The number of nitrogens with zero attached hydrogens (tertiary/aromatic N) is 5. The summed E-state index contributed by atoms with van der Waals surface area (Å²) in [5, 5.41) is 10.0. The Morgan fingerprint density at radius 2 is 1.91 bits per heavy atom. The van der Waals surface area contributed by atoms with Crippen molar-refractivity contribution in [2.75, 3.05) is 0 Å². The van der Waals surface area contributed by atoms with E-state index in [0.717, 1.165) is 22.5 Å². The van der Waals surface area contributed by atoms with E-state index in [9.17, 15) is 9.59 Å². The van der Waals surface area contributed by atoms with Gasteiger partial charge in [0.2, 0.25) is 5.91 Å². The third-order valence-corrected chi connectivity index (χ3v) is 4.70. The highest BCUT2D eigenvalue weighted by atomic mass is 16.6. The molecule has 0 bridgehead atoms. The monoisotopic (exact) mass is 439 g/mol. The Labute approximate surface area is 186 Å². The van der Waals surface area contributed by atoms with Gasteiger partial charge in [0.05, 0.1) is 6.54 Å². The number of carbonyl (C=O) groups excluding carboxylic acids is 2. The third-order valence-electron chi connectivity index (χ3n) is 4.70. The quantitative estimate of drug-likeness (QED) is 0.579. The highest BCUT2D eigenvalue weighted by Crippen LogP contribution is 2.16. The molecule has 0 saturated heterocycles. The zero-order valence-corrected chi connectivity index (χ0v) is 19.1. The molecular formula is C22H29N7O3. The SMILES string of the molecule is Cc1nc2nc(CNC(=O)OC(C)(C)C)nn2c(C)c1CCC(=O)NCc1cccnc1. The molecule has 2 N–H and O–H groups in total. The van der Waals surface area contributed by atoms with E-state index in [4.69, 9.17) is 4.74 Å². The number of rotatable bonds is 7. The maximum absolute atomic E-state index is 12.3. The Morgan fingerprint density at radius 1 is 1.12 bits per heavy atom. The number of fused-ring (bicyclic) bond motifs is 1. The minimum atomic E-state index is -0.579. The number of aromatic nitrogens is 5. The molecule has 3 rings (SSSR count). The van der Waals surface area contributed by atoms with Gasteiger partial charge in [0, 0.05) is 36.7 Å². The van der Waals surface area contributed by atoms with Gasteiger partial charge in [-0.2, -0.15) is 4.98 Å². The maximum atomic E-state index is 12.3. The van der Waals surface area contributed by atoms with E-state index in [1.54, 1.807) is 37.7 Å². The number of aryl methyl sites for hydroxylation is 2. The van der Waals surface area contributed by atoms with Crippen molar-refractivity contribution in [1.29, 1.82) is 0 Å². The fourth-order valence-electron chi connectivity index (χ4n) is 3.18. The molecule has 3 aromatic heterocycles. The Hall–Kier alpha value is -3.56. The lowest BCUT2D eigenvalue weighted by molar-refractivity contribution is -0.121. The number of hydrogen-bond acceptors (Lipinski definition) is 7. The van der Waals surface area contributed by atoms with Gasteiger partial charge in [0.1, 0.15) is 5.60 Å². The van der Waals surface area contributed by atoms with Crippen LogP contribution in [0.2, 0.25) is 0 Å². The Kier molecular flexibility index (Phi) is 7.01. The summed E-state index contributed by atoms with van der Waals surface area (Å²) in [6.45, 7) is 9.78. The van der Waals surface area contributed by atoms with Crippen LogP contribution in [0.1, 0.15) is 55.5 Å². The Balaban J connectivity index is 1.62. The summed E-state index contributed by atoms with van der Waals surface area (Å²) < 4.78 is 6.87. The second kappa shape index (κ2) is 9.71. The zero-order valence-electron chi connectivity index (χ0n) is 19.1. The van der Waals surface area contributed by atoms with Gasteiger partial charge in [-0.3, -0.25) is 9.78 Å². The minimum absolute atomic E-state index is 0.0476. The van der Waals surface area contributed by atoms with Gasteiger partial charge in [-0.15, -0.1) is 5.10 Å². The largest absolute Gasteiger partial charge is 0.444 e. The number of pyridine rings is 1. The average molecular weight is 440 g/mol. The van der Waals surface area contributed by atoms with E-state index < -0.39 is 11.7 Å². The molecule has 0 spiro atoms. The van der Waals surface area contributed by atoms with Gasteiger partial charge >= 0.3 is 6.09 Å². The first-order valence-electron chi connectivity index (χ1n) is 10.5. The van der Waals surface area contributed by atoms with Crippen molar-refractivity contribution >= 4 is 17.8 Å². The summed E-state index contributed by atoms with van der Waals surface area (Å²) in [6, 6.07) is 3.75. The summed E-state index contributed by atoms with van der Waals surface area (Å²) in [6.07, 6.45) is 3.76. The highest BCUT2D eigenvalue weighted by molar-refractivity contribution is 5.76. The average Bonchev–Trinajstić information content (AvgIpc) is 3.13. The third kappa shape index (κ3) is 6.22. The topological polar surface area (TPSA) is 123 Å². The summed E-state index contributed by atoms with van der Waals surface area (Å²) in [7, 11) is 0. The van der Waals surface area contributed by atoms with Crippen LogP contribution in [0.15, 0.2) is 24.5 Å². The Morgan fingerprint density at radius 3 is 2.59 bits per heavy atom. The van der Waals surface area contributed by atoms with Crippen molar-refractivity contribution in [2.45, 2.75) is 66.2 Å². The lowest BCUT2D eigenvalue weighted by Crippen LogP contribution is -2.32. The number of carbonyl (C=O) groups is 2. The molecule has 10 nitrogen and oxygen atoms in total. The summed E-state index contributed by atoms with van der Waals surface area (Å²) in [4.78, 5) is 37.1. The number of hydrogen-bond donors (Lipinski definition) is 2. The molecule has 32 heavy (non-hydrogen) atoms. The molecule has 170 valence electrons. The molecule has 0 aromatic carbocycles. The molecule has 3 aromatic rings. The minimum Gasteiger partial charge on any atom is -0.444 e. The molecular weight excluding hydrogens is 410 g/mol. The zero-order chi connectivity index (χ0) is 23.3. The van der Waals surface area contributed by atoms with Crippen molar-refractivity contribution in [3.05, 3.63) is 52.9 Å². The first kappa shape index (κ1) is 23.1. The first-order valence-corrected chi connectivity index (χ1v) is 10.5. The van der Waals surface area contributed by atoms with E-state index in [2.05, 4.69) is 30.7 Å². The molecule has 2 amide bonds. The van der Waals surface area contributed by atoms with Crippen molar-refractivity contribution in [2.24, 2.45) is 0 Å². The predicted molar refractivity (Wildman–Crippen MR) is 118 cm³/mol. The predicted octanol–water partition coefficient (Wildman–Crippen LogP) is 2.41. The van der Waals surface area contributed by atoms with Crippen LogP contribution in [-0.4, -0.2) is 42.2 Å². The molecule has 0 fully saturated rings. The molecule has 10 heteroatoms. The van der Waals surface area contributed by atoms with E-state index in [1.165, 1.54) is 0 Å². The van der Waals surface area contributed by atoms with Crippen molar-refractivity contribution in [1.82, 2.24) is 35.2 Å². The standard InChI is InChI=1S/C22H29N7O3/c1-14-17(8-9-19(30)24-12-16-7-6-10-23-11-16)15(2)29-20(26-14)27-18(28-29)13-25-21(31)32-22(3,4)5/h6-7,10-11H,8-9,12-13H2,1-5H3,(H,24,30)(H,25,31). The number of nitrogens with one attached hydrogen (secondary N) is 2. The second-order valence-corrected chi connectivity index (χ2v) is 8.49. The van der Waals surface area contributed by atoms with E-state index in [-0.39, 0.29) is 12.5 Å². The van der Waals surface area contributed by atoms with Crippen LogP contribution in [0.4, 0.5) is 4.79 Å². The number of ether oxygens (including phenoxy) is 1. The van der Waals surface area contributed by atoms with Gasteiger partial charge in [-0.05, 0) is 58.2 Å². The normalized spacial score (nSPS) is 11.4. The van der Waals surface area contributed by atoms with Crippen molar-refractivity contribution in [3.63, 3.8) is 0 Å². The molecule has 0 aliphatic rings. The molecule has 0 radical (unpaired) electrons. The Bertz CT molecular complexity index is 1100. The molecule has 0 unspecified atom stereocenters. The molecule has 0 aliphatic heterocycles. The first-order chi connectivity index (χ1) is 15.1. The lowest BCUT2D eigenvalue weighted by atomic mass is 10.1. The van der Waals surface area contributed by atoms with E-state index in [1.807, 2.05) is 26.0 Å². The molecule has 0 atom stereocenters. The van der Waals surface area contributed by atoms with Crippen LogP contribution in [0.25, 0.3) is 5.78 Å². The van der Waals surface area contributed by atoms with Gasteiger partial charge in [0.15, 0.2) is 5.82 Å². The van der Waals surface area contributed by atoms with Crippen LogP contribution >= 0.6 is 0 Å². The van der Waals surface area contributed by atoms with Crippen LogP contribution in [0, 0.1) is 13.8 Å². The summed E-state index contributed by atoms with van der Waals surface area (Å²) in [5.41, 5.74) is 2.99. The highest BCUT2D eigenvalue weighted by Gasteiger charge is 2.18. The number of amides is 2. The summed E-state index contributed by atoms with van der Waals surface area (Å²) >= 11 is 0. The van der Waals surface area contributed by atoms with Gasteiger partial charge in [0.25, 0.3) is 5.78 Å². The van der Waals surface area contributed by atoms with E-state index in [0.29, 0.717) is 31.0 Å². The fraction of sp³-hybridized carbons (Fsp3) is 0.455. The van der Waals surface area contributed by atoms with Crippen LogP contribution in [-0.2, 0) is 29.0 Å². The molecule has 0 aliphatic carbocycles. The lowest BCUT2D eigenvalue weighted by Gasteiger charge is -2.19. The van der Waals surface area contributed by atoms with Crippen molar-refractivity contribution < 1.29 is 14.3 Å². The van der Waals surface area contributed by atoms with E-state index >= 15 is 0 Å². The van der Waals surface area contributed by atoms with Gasteiger partial charge in [-0.1, -0.05) is 6.07 Å². The smallest absolute Gasteiger partial charge is 0.408 e. The van der Waals surface area contributed by atoms with Crippen LogP contribution in [0.5, 0.6) is 0 Å².